The molecule has 0 radical (unpaired) electrons. The van der Waals surface area contributed by atoms with E-state index in [2.05, 4.69) is 16.0 Å². The molecule has 2 heterocycles. The van der Waals surface area contributed by atoms with Gasteiger partial charge in [-0.1, -0.05) is 0 Å². The Bertz CT molecular complexity index is 504. The summed E-state index contributed by atoms with van der Waals surface area (Å²) in [5.74, 6) is 0. The fourth-order valence-electron chi connectivity index (χ4n) is 1.56. The van der Waals surface area contributed by atoms with Crippen molar-refractivity contribution in [1.82, 2.24) is 9.97 Å². The Kier molecular flexibility index (Phi) is 1.86. The van der Waals surface area contributed by atoms with E-state index in [4.69, 9.17) is 5.26 Å². The molecule has 1 N–H and O–H groups in total. The summed E-state index contributed by atoms with van der Waals surface area (Å²) >= 11 is 0. The molecule has 70 valence electrons. The van der Waals surface area contributed by atoms with Crippen LogP contribution >= 0.6 is 0 Å². The molecule has 4 heteroatoms. The number of anilines is 1. The number of nitrogens with zero attached hydrogens (tertiary/aromatic N) is 3. The van der Waals surface area contributed by atoms with Crippen molar-refractivity contribution < 1.29 is 0 Å². The van der Waals surface area contributed by atoms with E-state index in [0.29, 0.717) is 5.56 Å². The van der Waals surface area contributed by atoms with Crippen molar-refractivity contribution in [2.24, 2.45) is 0 Å². The van der Waals surface area contributed by atoms with Crippen LogP contribution in [0, 0.1) is 11.3 Å². The van der Waals surface area contributed by atoms with Crippen LogP contribution in [0.3, 0.4) is 0 Å². The molecule has 0 saturated heterocycles. The summed E-state index contributed by atoms with van der Waals surface area (Å²) in [7, 11) is 3.84. The third-order valence-electron chi connectivity index (χ3n) is 2.13. The predicted molar refractivity (Wildman–Crippen MR) is 55.1 cm³/mol. The van der Waals surface area contributed by atoms with E-state index in [1.165, 1.54) is 0 Å². The Morgan fingerprint density at radius 3 is 2.93 bits per heavy atom. The molecule has 0 unspecified atom stereocenters. The van der Waals surface area contributed by atoms with Crippen molar-refractivity contribution in [1.29, 1.82) is 5.26 Å². The van der Waals surface area contributed by atoms with Gasteiger partial charge in [-0.25, -0.2) is 4.98 Å². The number of nitriles is 1. The number of H-pyrrole nitrogens is 1. The normalized spacial score (nSPS) is 10.1. The average Bonchev–Trinajstić information content (AvgIpc) is 2.62. The monoisotopic (exact) mass is 186 g/mol. The number of nitrogens with one attached hydrogen (secondary N) is 1. The molecule has 0 atom stereocenters. The SMILES string of the molecule is CN(C)c1c(C#N)cnc2[nH]ccc12. The number of hydrogen-bond acceptors (Lipinski definition) is 3. The molecule has 0 aliphatic rings. The molecular weight excluding hydrogens is 176 g/mol. The Morgan fingerprint density at radius 1 is 1.50 bits per heavy atom. The zero-order valence-electron chi connectivity index (χ0n) is 8.07. The number of hydrogen-bond donors (Lipinski definition) is 1. The maximum atomic E-state index is 8.94. The molecule has 0 fully saturated rings. The van der Waals surface area contributed by atoms with Crippen molar-refractivity contribution in [2.75, 3.05) is 19.0 Å². The quantitative estimate of drug-likeness (QED) is 0.734. The summed E-state index contributed by atoms with van der Waals surface area (Å²) in [5.41, 5.74) is 2.33. The van der Waals surface area contributed by atoms with Crippen molar-refractivity contribution >= 4 is 16.7 Å². The van der Waals surface area contributed by atoms with Crippen LogP contribution in [0.5, 0.6) is 0 Å². The molecule has 0 bridgehead atoms. The third-order valence-corrected chi connectivity index (χ3v) is 2.13. The van der Waals surface area contributed by atoms with Crippen molar-refractivity contribution in [3.8, 4) is 6.07 Å². The highest BCUT2D eigenvalue weighted by Gasteiger charge is 2.10. The second-order valence-corrected chi connectivity index (χ2v) is 3.27. The molecule has 2 aromatic rings. The van der Waals surface area contributed by atoms with Gasteiger partial charge in [0.2, 0.25) is 0 Å². The summed E-state index contributed by atoms with van der Waals surface area (Å²) in [5, 5.41) is 9.92. The fourth-order valence-corrected chi connectivity index (χ4v) is 1.56. The van der Waals surface area contributed by atoms with Crippen LogP contribution < -0.4 is 4.90 Å². The van der Waals surface area contributed by atoms with Crippen LogP contribution in [0.25, 0.3) is 11.0 Å². The molecule has 0 amide bonds. The molecule has 0 aliphatic carbocycles. The second-order valence-electron chi connectivity index (χ2n) is 3.27. The zero-order chi connectivity index (χ0) is 10.1. The lowest BCUT2D eigenvalue weighted by atomic mass is 10.2. The van der Waals surface area contributed by atoms with E-state index in [9.17, 15) is 0 Å². The molecule has 0 aliphatic heterocycles. The maximum Gasteiger partial charge on any atom is 0.139 e. The summed E-state index contributed by atoms with van der Waals surface area (Å²) in [6.45, 7) is 0. The van der Waals surface area contributed by atoms with Crippen LogP contribution in [-0.4, -0.2) is 24.1 Å². The first-order valence-corrected chi connectivity index (χ1v) is 4.27. The molecule has 2 rings (SSSR count). The van der Waals surface area contributed by atoms with Gasteiger partial charge in [0.15, 0.2) is 0 Å². The van der Waals surface area contributed by atoms with Crippen LogP contribution in [0.15, 0.2) is 18.5 Å². The van der Waals surface area contributed by atoms with Gasteiger partial charge in [-0.2, -0.15) is 5.26 Å². The maximum absolute atomic E-state index is 8.94. The highest BCUT2D eigenvalue weighted by molar-refractivity contribution is 5.92. The van der Waals surface area contributed by atoms with Crippen LogP contribution in [0.1, 0.15) is 5.56 Å². The first-order valence-electron chi connectivity index (χ1n) is 4.27. The fraction of sp³-hybridized carbons (Fsp3) is 0.200. The molecule has 4 nitrogen and oxygen atoms in total. The standard InChI is InChI=1S/C10H10N4/c1-14(2)9-7(5-11)6-13-10-8(9)3-4-12-10/h3-4,6H,1-2H3,(H,12,13). The highest BCUT2D eigenvalue weighted by Crippen LogP contribution is 2.26. The smallest absolute Gasteiger partial charge is 0.139 e. The number of pyridine rings is 1. The van der Waals surface area contributed by atoms with Crippen LogP contribution in [-0.2, 0) is 0 Å². The largest absolute Gasteiger partial charge is 0.376 e. The number of aromatic amines is 1. The van der Waals surface area contributed by atoms with E-state index in [0.717, 1.165) is 16.7 Å². The molecule has 0 saturated carbocycles. The Hall–Kier alpha value is -2.02. The first kappa shape index (κ1) is 8.57. The highest BCUT2D eigenvalue weighted by atomic mass is 15.1. The van der Waals surface area contributed by atoms with E-state index in [1.54, 1.807) is 6.20 Å². The van der Waals surface area contributed by atoms with Gasteiger partial charge in [0.1, 0.15) is 11.7 Å². The molecular formula is C10H10N4. The lowest BCUT2D eigenvalue weighted by Gasteiger charge is -2.14. The average molecular weight is 186 g/mol. The Labute approximate surface area is 81.8 Å². The lowest BCUT2D eigenvalue weighted by molar-refractivity contribution is 1.13. The minimum absolute atomic E-state index is 0.599. The van der Waals surface area contributed by atoms with Gasteiger partial charge in [0, 0.05) is 31.9 Å². The van der Waals surface area contributed by atoms with E-state index in [1.807, 2.05) is 31.3 Å². The molecule has 14 heavy (non-hydrogen) atoms. The van der Waals surface area contributed by atoms with E-state index in [-0.39, 0.29) is 0 Å². The number of aromatic nitrogens is 2. The molecule has 0 aromatic carbocycles. The summed E-state index contributed by atoms with van der Waals surface area (Å²) in [4.78, 5) is 9.10. The zero-order valence-corrected chi connectivity index (χ0v) is 8.07. The summed E-state index contributed by atoms with van der Waals surface area (Å²) in [6.07, 6.45) is 3.42. The van der Waals surface area contributed by atoms with Gasteiger partial charge in [-0.05, 0) is 6.07 Å². The van der Waals surface area contributed by atoms with E-state index < -0.39 is 0 Å². The molecule has 0 spiro atoms. The van der Waals surface area contributed by atoms with Crippen LogP contribution in [0.4, 0.5) is 5.69 Å². The van der Waals surface area contributed by atoms with Gasteiger partial charge >= 0.3 is 0 Å². The topological polar surface area (TPSA) is 55.7 Å². The second kappa shape index (κ2) is 3.04. The van der Waals surface area contributed by atoms with E-state index >= 15 is 0 Å². The first-order chi connectivity index (χ1) is 6.74. The summed E-state index contributed by atoms with van der Waals surface area (Å²) < 4.78 is 0. The lowest BCUT2D eigenvalue weighted by Crippen LogP contribution is -2.11. The van der Waals surface area contributed by atoms with Gasteiger partial charge in [0.25, 0.3) is 0 Å². The van der Waals surface area contributed by atoms with Gasteiger partial charge in [-0.15, -0.1) is 0 Å². The molecule has 2 aromatic heterocycles. The van der Waals surface area contributed by atoms with Gasteiger partial charge in [0.05, 0.1) is 11.3 Å². The third kappa shape index (κ3) is 1.11. The minimum atomic E-state index is 0.599. The number of fused-ring (bicyclic) bond motifs is 1. The Balaban J connectivity index is 2.84. The summed E-state index contributed by atoms with van der Waals surface area (Å²) in [6, 6.07) is 4.07. The van der Waals surface area contributed by atoms with Crippen LogP contribution in [0.2, 0.25) is 0 Å². The van der Waals surface area contributed by atoms with Crippen molar-refractivity contribution in [3.05, 3.63) is 24.0 Å². The number of rotatable bonds is 1. The van der Waals surface area contributed by atoms with Crippen molar-refractivity contribution in [3.63, 3.8) is 0 Å². The van der Waals surface area contributed by atoms with Gasteiger partial charge in [-0.3, -0.25) is 0 Å². The minimum Gasteiger partial charge on any atom is -0.376 e. The van der Waals surface area contributed by atoms with Crippen molar-refractivity contribution in [2.45, 2.75) is 0 Å². The Morgan fingerprint density at radius 2 is 2.29 bits per heavy atom. The predicted octanol–water partition coefficient (Wildman–Crippen LogP) is 1.50. The van der Waals surface area contributed by atoms with Gasteiger partial charge < -0.3 is 9.88 Å².